The van der Waals surface area contributed by atoms with Crippen molar-refractivity contribution in [2.45, 2.75) is 16.4 Å². The van der Waals surface area contributed by atoms with Crippen LogP contribution in [0.2, 0.25) is 0 Å². The van der Waals surface area contributed by atoms with Crippen LogP contribution < -0.4 is 10.6 Å². The molecule has 0 aliphatic carbocycles. The predicted molar refractivity (Wildman–Crippen MR) is 59.9 cm³/mol. The fraction of sp³-hybridized carbons (Fsp3) is 0.400. The van der Waals surface area contributed by atoms with E-state index in [0.29, 0.717) is 13.1 Å². The van der Waals surface area contributed by atoms with E-state index in [1.807, 2.05) is 0 Å². The van der Waals surface area contributed by atoms with Crippen LogP contribution in [0.5, 0.6) is 0 Å². The first-order chi connectivity index (χ1) is 8.23. The van der Waals surface area contributed by atoms with Crippen molar-refractivity contribution in [2.75, 3.05) is 18.0 Å². The van der Waals surface area contributed by atoms with Crippen molar-refractivity contribution in [3.63, 3.8) is 0 Å². The maximum absolute atomic E-state index is 12.5. The zero-order valence-electron chi connectivity index (χ0n) is 9.18. The van der Waals surface area contributed by atoms with Crippen LogP contribution in [0.3, 0.4) is 0 Å². The first-order valence-electron chi connectivity index (χ1n) is 5.14. The monoisotopic (exact) mass is 280 g/mol. The number of nitrogens with zero attached hydrogens (tertiary/aromatic N) is 1. The van der Waals surface area contributed by atoms with Crippen molar-refractivity contribution >= 4 is 15.5 Å². The maximum atomic E-state index is 12.5. The van der Waals surface area contributed by atoms with Gasteiger partial charge in [0.15, 0.2) is 0 Å². The topological polar surface area (TPSA) is 63.4 Å². The Morgan fingerprint density at radius 2 is 1.78 bits per heavy atom. The quantitative estimate of drug-likeness (QED) is 0.882. The van der Waals surface area contributed by atoms with E-state index in [4.69, 9.17) is 5.73 Å². The Bertz CT molecular complexity index is 550. The van der Waals surface area contributed by atoms with Gasteiger partial charge in [-0.05, 0) is 12.1 Å². The molecule has 1 aliphatic rings. The van der Waals surface area contributed by atoms with E-state index in [1.54, 1.807) is 0 Å². The molecule has 1 aromatic carbocycles. The van der Waals surface area contributed by atoms with Gasteiger partial charge in [-0.3, -0.25) is 0 Å². The van der Waals surface area contributed by atoms with E-state index in [9.17, 15) is 21.6 Å². The average Bonchev–Trinajstić information content (AvgIpc) is 2.23. The molecule has 0 saturated carbocycles. The minimum absolute atomic E-state index is 0.0523. The van der Waals surface area contributed by atoms with Gasteiger partial charge in [0.1, 0.15) is 0 Å². The Balaban J connectivity index is 2.46. The second-order valence-electron chi connectivity index (χ2n) is 4.08. The van der Waals surface area contributed by atoms with Crippen LogP contribution in [0, 0.1) is 0 Å². The number of alkyl halides is 3. The third-order valence-electron chi connectivity index (χ3n) is 2.71. The fourth-order valence-corrected chi connectivity index (χ4v) is 2.76. The molecule has 2 N–H and O–H groups in total. The minimum Gasteiger partial charge on any atom is -0.367 e. The van der Waals surface area contributed by atoms with E-state index in [0.717, 1.165) is 6.07 Å². The number of sulfone groups is 1. The lowest BCUT2D eigenvalue weighted by atomic mass is 10.1. The van der Waals surface area contributed by atoms with E-state index in [2.05, 4.69) is 0 Å². The van der Waals surface area contributed by atoms with Crippen LogP contribution in [0.4, 0.5) is 18.9 Å². The molecule has 0 radical (unpaired) electrons. The molecular weight excluding hydrogens is 269 g/mol. The molecule has 0 atom stereocenters. The van der Waals surface area contributed by atoms with Gasteiger partial charge in [-0.1, -0.05) is 12.1 Å². The summed E-state index contributed by atoms with van der Waals surface area (Å²) >= 11 is 0. The highest BCUT2D eigenvalue weighted by Gasteiger charge is 2.48. The summed E-state index contributed by atoms with van der Waals surface area (Å²) in [5, 5.41) is 0. The van der Waals surface area contributed by atoms with Gasteiger partial charge < -0.3 is 10.6 Å². The first kappa shape index (κ1) is 13.2. The van der Waals surface area contributed by atoms with Gasteiger partial charge in [-0.15, -0.1) is 0 Å². The second kappa shape index (κ2) is 4.13. The van der Waals surface area contributed by atoms with E-state index in [-0.39, 0.29) is 11.7 Å². The Kier molecular flexibility index (Phi) is 3.02. The zero-order valence-corrected chi connectivity index (χ0v) is 10.0. The average molecular weight is 280 g/mol. The Labute approximate surface area is 102 Å². The van der Waals surface area contributed by atoms with E-state index in [1.165, 1.54) is 23.1 Å². The molecule has 1 heterocycles. The Morgan fingerprint density at radius 3 is 2.28 bits per heavy atom. The van der Waals surface area contributed by atoms with Gasteiger partial charge in [0.05, 0.1) is 10.6 Å². The van der Waals surface area contributed by atoms with Gasteiger partial charge in [0.25, 0.3) is 9.84 Å². The summed E-state index contributed by atoms with van der Waals surface area (Å²) in [5.41, 5.74) is 0.295. The van der Waals surface area contributed by atoms with E-state index < -0.39 is 20.2 Å². The highest BCUT2D eigenvalue weighted by atomic mass is 32.2. The molecule has 0 bridgehead atoms. The predicted octanol–water partition coefficient (Wildman–Crippen LogP) is 1.13. The summed E-state index contributed by atoms with van der Waals surface area (Å²) in [6.45, 7) is 0.703. The summed E-state index contributed by atoms with van der Waals surface area (Å²) < 4.78 is 60.4. The van der Waals surface area contributed by atoms with Crippen LogP contribution in [-0.4, -0.2) is 33.1 Å². The fourth-order valence-electron chi connectivity index (χ4n) is 1.78. The number of nitrogens with two attached hydrogens (primary N) is 1. The Morgan fingerprint density at radius 1 is 1.22 bits per heavy atom. The highest BCUT2D eigenvalue weighted by molar-refractivity contribution is 7.92. The number of rotatable bonds is 2. The molecule has 1 saturated heterocycles. The lowest BCUT2D eigenvalue weighted by Crippen LogP contribution is -2.56. The van der Waals surface area contributed by atoms with Gasteiger partial charge >= 0.3 is 5.51 Å². The molecule has 0 unspecified atom stereocenters. The maximum Gasteiger partial charge on any atom is 0.501 e. The minimum atomic E-state index is -5.33. The number of anilines is 1. The summed E-state index contributed by atoms with van der Waals surface area (Å²) in [4.78, 5) is 0.799. The van der Waals surface area contributed by atoms with Crippen LogP contribution in [0.15, 0.2) is 29.2 Å². The molecule has 100 valence electrons. The smallest absolute Gasteiger partial charge is 0.367 e. The molecule has 1 fully saturated rings. The third kappa shape index (κ3) is 2.05. The number of hydrogen-bond acceptors (Lipinski definition) is 4. The van der Waals surface area contributed by atoms with Crippen molar-refractivity contribution in [3.05, 3.63) is 24.3 Å². The molecule has 0 aromatic heterocycles. The number of halogens is 3. The van der Waals surface area contributed by atoms with E-state index >= 15 is 0 Å². The molecule has 8 heteroatoms. The van der Waals surface area contributed by atoms with Crippen LogP contribution in [0.1, 0.15) is 0 Å². The van der Waals surface area contributed by atoms with Gasteiger partial charge in [-0.2, -0.15) is 13.2 Å². The first-order valence-corrected chi connectivity index (χ1v) is 6.62. The standard InChI is InChI=1S/C10H11F3N2O2S/c11-10(12,13)18(16,17)9-4-2-1-3-8(9)15-5-7(14)6-15/h1-4,7H,5-6,14H2. The lowest BCUT2D eigenvalue weighted by Gasteiger charge is -2.39. The molecule has 1 aromatic rings. The molecule has 0 amide bonds. The lowest BCUT2D eigenvalue weighted by molar-refractivity contribution is -0.0435. The van der Waals surface area contributed by atoms with Crippen LogP contribution in [-0.2, 0) is 9.84 Å². The normalized spacial score (nSPS) is 17.7. The number of para-hydroxylation sites is 1. The SMILES string of the molecule is NC1CN(c2ccccc2S(=O)(=O)C(F)(F)F)C1. The van der Waals surface area contributed by atoms with Gasteiger partial charge in [0, 0.05) is 19.1 Å². The van der Waals surface area contributed by atoms with Crippen molar-refractivity contribution in [3.8, 4) is 0 Å². The molecule has 4 nitrogen and oxygen atoms in total. The molecule has 1 aliphatic heterocycles. The summed E-state index contributed by atoms with van der Waals surface area (Å²) in [7, 11) is -5.33. The Hall–Kier alpha value is -1.28. The number of hydrogen-bond donors (Lipinski definition) is 1. The molecule has 18 heavy (non-hydrogen) atoms. The highest BCUT2D eigenvalue weighted by Crippen LogP contribution is 2.36. The summed E-state index contributed by atoms with van der Waals surface area (Å²) in [5.74, 6) is 0. The zero-order chi connectivity index (χ0) is 13.6. The second-order valence-corrected chi connectivity index (χ2v) is 5.99. The van der Waals surface area contributed by atoms with Crippen LogP contribution >= 0.6 is 0 Å². The van der Waals surface area contributed by atoms with Gasteiger partial charge in [-0.25, -0.2) is 8.42 Å². The molecule has 2 rings (SSSR count). The van der Waals surface area contributed by atoms with Crippen molar-refractivity contribution in [1.29, 1.82) is 0 Å². The van der Waals surface area contributed by atoms with Crippen molar-refractivity contribution in [1.82, 2.24) is 0 Å². The third-order valence-corrected chi connectivity index (χ3v) is 4.24. The van der Waals surface area contributed by atoms with Crippen molar-refractivity contribution < 1.29 is 21.6 Å². The molecule has 0 spiro atoms. The van der Waals surface area contributed by atoms with Crippen molar-refractivity contribution in [2.24, 2.45) is 5.73 Å². The molecular formula is C10H11F3N2O2S. The summed E-state index contributed by atoms with van der Waals surface area (Å²) in [6, 6.07) is 4.94. The number of benzene rings is 1. The largest absolute Gasteiger partial charge is 0.501 e. The summed E-state index contributed by atoms with van der Waals surface area (Å²) in [6.07, 6.45) is 0. The van der Waals surface area contributed by atoms with Gasteiger partial charge in [0.2, 0.25) is 0 Å². The van der Waals surface area contributed by atoms with Crippen LogP contribution in [0.25, 0.3) is 0 Å².